The Balaban J connectivity index is 0.000000248. The van der Waals surface area contributed by atoms with E-state index in [0.717, 1.165) is 117 Å². The summed E-state index contributed by atoms with van der Waals surface area (Å²) >= 11 is 22.1. The number of nitrogens with zero attached hydrogens (tertiary/aromatic N) is 4. The minimum absolute atomic E-state index is 0. The topological polar surface area (TPSA) is 430 Å². The Morgan fingerprint density at radius 1 is 0.510 bits per heavy atom. The summed E-state index contributed by atoms with van der Waals surface area (Å²) in [6.07, 6.45) is 7.49. The number of carboxylic acids is 1. The number of nitrogen functional groups attached to an aromatic ring is 2. The number of phenols is 3. The number of carbonyl (C=O) groups is 9. The summed E-state index contributed by atoms with van der Waals surface area (Å²) in [7, 11) is -0.363. The number of aromatic hydroxyl groups is 3. The van der Waals surface area contributed by atoms with Gasteiger partial charge in [0.15, 0.2) is 18.9 Å². The van der Waals surface area contributed by atoms with Crippen LogP contribution in [0, 0.1) is 78.1 Å². The summed E-state index contributed by atoms with van der Waals surface area (Å²) in [4.78, 5) is 108. The van der Waals surface area contributed by atoms with Gasteiger partial charge >= 0.3 is 25.0 Å². The molecule has 15 aromatic rings. The molecular formula is C102H98BBr7F5N7O21. The number of aromatic carboxylic acids is 1. The molecule has 754 valence electrons. The largest absolute Gasteiger partial charge is 0.507 e. The number of alkyl halides is 1. The second kappa shape index (κ2) is 54.2. The number of aryl methyl sites for hydroxylation is 6. The van der Waals surface area contributed by atoms with Gasteiger partial charge in [0.1, 0.15) is 74.2 Å². The number of aldehydes is 3. The highest BCUT2D eigenvalue weighted by Crippen LogP contribution is 2.39. The molecule has 7 aromatic heterocycles. The summed E-state index contributed by atoms with van der Waals surface area (Å²) in [5.41, 5.74) is 23.9. The average Bonchev–Trinajstić information content (AvgIpc) is 1.61. The van der Waals surface area contributed by atoms with E-state index in [4.69, 9.17) is 53.8 Å². The Bertz CT molecular complexity index is 6940. The molecule has 41 heteroatoms. The van der Waals surface area contributed by atoms with Gasteiger partial charge in [0.05, 0.1) is 61.7 Å². The van der Waals surface area contributed by atoms with Gasteiger partial charge in [-0.05, 0) is 283 Å². The van der Waals surface area contributed by atoms with E-state index in [2.05, 4.69) is 141 Å². The van der Waals surface area contributed by atoms with Crippen LogP contribution in [0.15, 0.2) is 222 Å². The second-order valence-electron chi connectivity index (χ2n) is 31.6. The Morgan fingerprint density at radius 3 is 1.34 bits per heavy atom. The number of fused-ring (bicyclic) bond motifs is 4. The summed E-state index contributed by atoms with van der Waals surface area (Å²) < 4.78 is 112. The normalized spacial score (nSPS) is 12.2. The molecule has 2 aliphatic rings. The molecule has 2 aliphatic heterocycles. The maximum Gasteiger partial charge on any atom is 0.496 e. The first kappa shape index (κ1) is 119. The van der Waals surface area contributed by atoms with Crippen molar-refractivity contribution >= 4 is 240 Å². The van der Waals surface area contributed by atoms with E-state index in [1.807, 2.05) is 125 Å². The second-order valence-corrected chi connectivity index (χ2v) is 37.4. The zero-order valence-electron chi connectivity index (χ0n) is 77.2. The van der Waals surface area contributed by atoms with Crippen molar-refractivity contribution in [2.24, 2.45) is 0 Å². The summed E-state index contributed by atoms with van der Waals surface area (Å²) in [5, 5.41) is 41.6. The van der Waals surface area contributed by atoms with Crippen LogP contribution in [0.4, 0.5) is 39.4 Å². The van der Waals surface area contributed by atoms with Crippen molar-refractivity contribution < 1.29 is 122 Å². The van der Waals surface area contributed by atoms with Gasteiger partial charge in [0, 0.05) is 106 Å². The van der Waals surface area contributed by atoms with Crippen molar-refractivity contribution in [3.8, 4) is 39.5 Å². The van der Waals surface area contributed by atoms with Crippen molar-refractivity contribution in [1.82, 2.24) is 18.9 Å². The van der Waals surface area contributed by atoms with Crippen molar-refractivity contribution in [2.45, 2.75) is 134 Å². The van der Waals surface area contributed by atoms with Gasteiger partial charge < -0.3 is 73.7 Å². The summed E-state index contributed by atoms with van der Waals surface area (Å²) in [6, 6.07) is 41.7. The maximum absolute atomic E-state index is 13.7. The quantitative estimate of drug-likeness (QED) is 0.00824. The molecule has 0 unspecified atom stereocenters. The predicted molar refractivity (Wildman–Crippen MR) is 563 cm³/mol. The number of esters is 2. The summed E-state index contributed by atoms with van der Waals surface area (Å²) in [6.45, 7) is 25.1. The van der Waals surface area contributed by atoms with Gasteiger partial charge in [-0.25, -0.2) is 32.5 Å². The monoisotopic (exact) mass is 2420 g/mol. The number of benzene rings is 8. The van der Waals surface area contributed by atoms with Crippen LogP contribution >= 0.6 is 112 Å². The van der Waals surface area contributed by atoms with Gasteiger partial charge in [-0.2, -0.15) is 13.2 Å². The Hall–Kier alpha value is -12.6. The van der Waals surface area contributed by atoms with Gasteiger partial charge in [-0.3, -0.25) is 38.4 Å². The average molecular weight is 2420 g/mol. The SMILES string of the molecule is C.C.CC1(C)OB(c2ccc(N)nc2)OC1(C)C.CCOC(=O)C(Br)C(=O)OCC.Cc1c(Br)cc(C=O)c(O)c1Br.Cc1cc(O)c(C=O)cc1Br.Cc1cc2oc(C(=O)O)cc2cc1Br.Cc1cc2oc(F)cc2cc1-c1ccc(N)nc1.Cc1cc2oc(F)cc2cc1-c1ccc(NC(=O)c2c(F)cccc2F)nc1.Cc1cc2oc(F)cc2cc1Br.Cc1ccc(C=O)c(O)c1.O=C1CCC(=O)N1Br. The molecule has 28 nitrogen and oxygen atoms in total. The van der Waals surface area contributed by atoms with E-state index in [1.165, 1.54) is 42.6 Å². The number of furan rings is 4. The van der Waals surface area contributed by atoms with Crippen LogP contribution in [0.1, 0.15) is 160 Å². The fourth-order valence-electron chi connectivity index (χ4n) is 12.4. The Morgan fingerprint density at radius 2 is 0.923 bits per heavy atom. The predicted octanol–water partition coefficient (Wildman–Crippen LogP) is 26.2. The molecule has 0 atom stereocenters. The van der Waals surface area contributed by atoms with Crippen LogP contribution in [-0.4, -0.2) is 130 Å². The molecule has 2 fully saturated rings. The standard InChI is InChI=1S/C21H13F3N2O2.C14H11FN2O.C11H17BN2O2.C10H7BrO3.C9H6BrFO.C8H6Br2O2.C8H7BrO2.C8H8O2.C7H11BrO4.C4H4BrNO2.2CH4/c1-11-7-17-13(9-18(24)28-17)8-14(11)12-5-6-19(25-10-12)26-21(27)20-15(22)3-2-4-16(20)23;1-8-4-12-10(6-13(15)18-12)5-11(8)9-2-3-14(16)17-7-9;1-10(2)11(3,4)16-12(15-10)8-5-6-9(13)14-7-8;1-5-2-8-6(3-7(5)11)4-9(14-8)10(12)13;1-5-2-8-6(3-7(5)10)4-9(11)12-8;1-4-6(9)2-5(3-11)8(12)7(4)10;1-5-2-8(11)6(4-10)3-7(5)9;1-6-2-3-7(5-9)8(10)4-6;1-3-11-6(9)5(8)7(10)12-4-2;5-6-3(7)1-2-4(6)8;;/h2-10H,1H3,(H,25,26,27);2-7H,1H3,(H2,16,17);5-7H,1-4H3,(H2,13,14);2-4H,1H3,(H,12,13);2-4H,1H3;2-3,12H,1H3;2-4,11H,1H3;2-5,10H,1H3;5H,3-4H2,1-2H3;1-2H2;2*1H4. The van der Waals surface area contributed by atoms with Crippen LogP contribution in [0.5, 0.6) is 17.2 Å². The third-order valence-corrected chi connectivity index (χ3v) is 26.6. The van der Waals surface area contributed by atoms with E-state index in [1.54, 1.807) is 93.0 Å². The third-order valence-electron chi connectivity index (χ3n) is 20.7. The number of pyridine rings is 3. The number of rotatable bonds is 13. The van der Waals surface area contributed by atoms with Gasteiger partial charge in [-0.1, -0.05) is 113 Å². The van der Waals surface area contributed by atoms with E-state index in [0.29, 0.717) is 86.7 Å². The van der Waals surface area contributed by atoms with Crippen LogP contribution in [0.25, 0.3) is 66.1 Å². The van der Waals surface area contributed by atoms with E-state index >= 15 is 0 Å². The molecule has 3 amide bonds. The minimum Gasteiger partial charge on any atom is -0.507 e. The highest BCUT2D eigenvalue weighted by Gasteiger charge is 2.52. The number of phenolic OH excluding ortho intramolecular Hbond substituents is 3. The highest BCUT2D eigenvalue weighted by atomic mass is 79.9. The maximum atomic E-state index is 13.7. The molecular weight excluding hydrogens is 2320 g/mol. The number of amides is 3. The van der Waals surface area contributed by atoms with E-state index < -0.39 is 63.9 Å². The number of nitrogens with one attached hydrogen (secondary N) is 1. The summed E-state index contributed by atoms with van der Waals surface area (Å²) in [5.74, 6) is -4.24. The molecule has 0 aliphatic carbocycles. The van der Waals surface area contributed by atoms with Crippen molar-refractivity contribution in [3.05, 3.63) is 301 Å². The number of hydrogen-bond acceptors (Lipinski definition) is 25. The van der Waals surface area contributed by atoms with Crippen molar-refractivity contribution in [2.75, 3.05) is 30.0 Å². The molecule has 2 saturated heterocycles. The van der Waals surface area contributed by atoms with Crippen LogP contribution in [0.3, 0.4) is 0 Å². The number of halogens is 12. The molecule has 0 bridgehead atoms. The first-order valence-corrected chi connectivity index (χ1v) is 47.5. The number of nitrogens with two attached hydrogens (primary N) is 2. The number of ether oxygens (including phenoxy) is 2. The van der Waals surface area contributed by atoms with Gasteiger partial charge in [0.2, 0.25) is 22.4 Å². The number of carbonyl (C=O) groups excluding carboxylic acids is 8. The van der Waals surface area contributed by atoms with E-state index in [-0.39, 0.29) is 92.6 Å². The van der Waals surface area contributed by atoms with Gasteiger partial charge in [-0.15, -0.1) is 0 Å². The number of carboxylic acid groups (broad SMARTS) is 1. The molecule has 9 N–H and O–H groups in total. The first-order valence-electron chi connectivity index (χ1n) is 41.9. The lowest BCUT2D eigenvalue weighted by molar-refractivity contribution is -0.152. The molecule has 0 saturated carbocycles. The minimum atomic E-state index is -1.05. The lowest BCUT2D eigenvalue weighted by Crippen LogP contribution is -2.41. The zero-order chi connectivity index (χ0) is 105. The van der Waals surface area contributed by atoms with Crippen molar-refractivity contribution in [1.29, 1.82) is 0 Å². The molecule has 143 heavy (non-hydrogen) atoms. The Labute approximate surface area is 878 Å². The fraction of sp³-hybridized carbons (Fsp3) is 0.216. The molecule has 0 spiro atoms. The number of anilines is 3. The van der Waals surface area contributed by atoms with Crippen LogP contribution in [-0.2, 0) is 38.0 Å². The third kappa shape index (κ3) is 33.0. The number of hydrogen-bond donors (Lipinski definition) is 7. The van der Waals surface area contributed by atoms with E-state index in [9.17, 15) is 70.2 Å². The van der Waals surface area contributed by atoms with Gasteiger partial charge in [0.25, 0.3) is 23.9 Å². The lowest BCUT2D eigenvalue weighted by atomic mass is 9.80. The first-order chi connectivity index (χ1) is 66.4. The number of imide groups is 1. The smallest absolute Gasteiger partial charge is 0.496 e. The van der Waals surface area contributed by atoms with Crippen molar-refractivity contribution in [3.63, 3.8) is 0 Å². The van der Waals surface area contributed by atoms with Crippen LogP contribution in [0.2, 0.25) is 0 Å². The highest BCUT2D eigenvalue weighted by molar-refractivity contribution is 9.11. The molecule has 9 heterocycles. The molecule has 8 aromatic carbocycles. The zero-order valence-corrected chi connectivity index (χ0v) is 88.3. The van der Waals surface area contributed by atoms with Crippen LogP contribution < -0.4 is 22.2 Å². The number of aromatic nitrogens is 3. The lowest BCUT2D eigenvalue weighted by Gasteiger charge is -2.32. The fourth-order valence-corrected chi connectivity index (χ4v) is 15.2. The molecule has 17 rings (SSSR count). The molecule has 0 radical (unpaired) electrons. The Kier molecular flexibility index (Phi) is 45.1.